The number of carbonyl (C=O) groups excluding carboxylic acids is 2. The molecule has 1 aliphatic carbocycles. The number of hydrogen-bond donors (Lipinski definition) is 1. The summed E-state index contributed by atoms with van der Waals surface area (Å²) in [7, 11) is 0. The van der Waals surface area contributed by atoms with Gasteiger partial charge in [-0.2, -0.15) is 0 Å². The highest BCUT2D eigenvalue weighted by molar-refractivity contribution is 6.01. The third kappa shape index (κ3) is 3.72. The molecule has 0 radical (unpaired) electrons. The fraction of sp³-hybridized carbons (Fsp3) is 0.524. The summed E-state index contributed by atoms with van der Waals surface area (Å²) in [4.78, 5) is 25.2. The van der Waals surface area contributed by atoms with Crippen molar-refractivity contribution in [1.29, 1.82) is 0 Å². The van der Waals surface area contributed by atoms with Crippen LogP contribution in [0.1, 0.15) is 58.8 Å². The van der Waals surface area contributed by atoms with Gasteiger partial charge in [-0.3, -0.25) is 9.59 Å². The van der Waals surface area contributed by atoms with Crippen LogP contribution in [0.5, 0.6) is 0 Å². The Morgan fingerprint density at radius 2 is 2.22 bits per heavy atom. The number of nitrogens with one attached hydrogen (secondary N) is 1. The van der Waals surface area contributed by atoms with Crippen molar-refractivity contribution in [2.24, 2.45) is 0 Å². The maximum atomic E-state index is 12.6. The summed E-state index contributed by atoms with van der Waals surface area (Å²) in [5, 5.41) is 2.89. The third-order valence-electron chi connectivity index (χ3n) is 5.64. The molecule has 1 saturated heterocycles. The molecule has 0 bridgehead atoms. The average Bonchev–Trinajstić information content (AvgIpc) is 3.39. The van der Waals surface area contributed by atoms with Gasteiger partial charge < -0.3 is 19.0 Å². The molecule has 2 aliphatic rings. The van der Waals surface area contributed by atoms with Crippen molar-refractivity contribution < 1.29 is 18.7 Å². The minimum Gasteiger partial charge on any atom is -0.467 e. The molecule has 2 aromatic heterocycles. The van der Waals surface area contributed by atoms with Gasteiger partial charge in [0.2, 0.25) is 5.91 Å². The molecule has 6 nitrogen and oxygen atoms in total. The Labute approximate surface area is 158 Å². The lowest BCUT2D eigenvalue weighted by molar-refractivity contribution is -0.120. The summed E-state index contributed by atoms with van der Waals surface area (Å²) in [5.74, 6) is 0.790. The highest BCUT2D eigenvalue weighted by atomic mass is 16.5. The minimum atomic E-state index is -0.0926. The van der Waals surface area contributed by atoms with Crippen LogP contribution in [0.3, 0.4) is 0 Å². The van der Waals surface area contributed by atoms with Crippen LogP contribution in [0.25, 0.3) is 0 Å². The largest absolute Gasteiger partial charge is 0.467 e. The van der Waals surface area contributed by atoms with Crippen molar-refractivity contribution in [3.05, 3.63) is 46.7 Å². The maximum absolute atomic E-state index is 12.6. The second kappa shape index (κ2) is 7.72. The third-order valence-corrected chi connectivity index (χ3v) is 5.64. The molecule has 4 rings (SSSR count). The van der Waals surface area contributed by atoms with E-state index in [2.05, 4.69) is 9.88 Å². The SMILES string of the molecule is Cc1c(CC(=O)NCc2ccco2)c2c(n1CC1CCCO1)CCCC2=O. The quantitative estimate of drug-likeness (QED) is 0.848. The van der Waals surface area contributed by atoms with E-state index in [0.717, 1.165) is 61.3 Å². The number of fused-ring (bicyclic) bond motifs is 1. The van der Waals surface area contributed by atoms with Crippen LogP contribution < -0.4 is 5.32 Å². The molecule has 0 aromatic carbocycles. The van der Waals surface area contributed by atoms with Gasteiger partial charge in [0.05, 0.1) is 25.3 Å². The summed E-state index contributed by atoms with van der Waals surface area (Å²) < 4.78 is 13.3. The van der Waals surface area contributed by atoms with Crippen LogP contribution in [0.2, 0.25) is 0 Å². The van der Waals surface area contributed by atoms with E-state index in [1.807, 2.05) is 13.0 Å². The van der Waals surface area contributed by atoms with Gasteiger partial charge in [0.1, 0.15) is 5.76 Å². The predicted octanol–water partition coefficient (Wildman–Crippen LogP) is 2.95. The second-order valence-corrected chi connectivity index (χ2v) is 7.44. The van der Waals surface area contributed by atoms with Gasteiger partial charge in [0.15, 0.2) is 5.78 Å². The molecule has 3 heterocycles. The lowest BCUT2D eigenvalue weighted by Crippen LogP contribution is -2.25. The Bertz CT molecular complexity index is 829. The zero-order valence-corrected chi connectivity index (χ0v) is 15.8. The molecule has 1 unspecified atom stereocenters. The first-order valence-electron chi connectivity index (χ1n) is 9.78. The number of ketones is 1. The molecule has 1 N–H and O–H groups in total. The normalized spacial score (nSPS) is 19.3. The number of aromatic nitrogens is 1. The molecular formula is C21H26N2O4. The predicted molar refractivity (Wildman–Crippen MR) is 99.7 cm³/mol. The van der Waals surface area contributed by atoms with Crippen LogP contribution in [0.4, 0.5) is 0 Å². The molecule has 2 aromatic rings. The Balaban J connectivity index is 1.56. The van der Waals surface area contributed by atoms with E-state index >= 15 is 0 Å². The number of rotatable bonds is 6. The van der Waals surface area contributed by atoms with E-state index in [1.165, 1.54) is 0 Å². The second-order valence-electron chi connectivity index (χ2n) is 7.44. The Kier molecular flexibility index (Phi) is 5.16. The molecule has 27 heavy (non-hydrogen) atoms. The maximum Gasteiger partial charge on any atom is 0.224 e. The number of carbonyl (C=O) groups is 2. The zero-order chi connectivity index (χ0) is 18.8. The van der Waals surface area contributed by atoms with Crippen molar-refractivity contribution in [3.8, 4) is 0 Å². The fourth-order valence-corrected chi connectivity index (χ4v) is 4.26. The van der Waals surface area contributed by atoms with Crippen LogP contribution in [-0.4, -0.2) is 29.0 Å². The smallest absolute Gasteiger partial charge is 0.224 e. The van der Waals surface area contributed by atoms with Crippen molar-refractivity contribution in [2.75, 3.05) is 6.61 Å². The topological polar surface area (TPSA) is 73.5 Å². The van der Waals surface area contributed by atoms with E-state index in [4.69, 9.17) is 9.15 Å². The average molecular weight is 370 g/mol. The summed E-state index contributed by atoms with van der Waals surface area (Å²) in [6.45, 7) is 3.97. The van der Waals surface area contributed by atoms with E-state index in [-0.39, 0.29) is 24.2 Å². The lowest BCUT2D eigenvalue weighted by atomic mass is 9.92. The summed E-state index contributed by atoms with van der Waals surface area (Å²) in [5.41, 5.74) is 3.78. The van der Waals surface area contributed by atoms with Gasteiger partial charge in [-0.05, 0) is 50.3 Å². The Morgan fingerprint density at radius 1 is 1.33 bits per heavy atom. The number of furan rings is 1. The van der Waals surface area contributed by atoms with Crippen molar-refractivity contribution in [3.63, 3.8) is 0 Å². The number of ether oxygens (including phenoxy) is 1. The molecule has 1 amide bonds. The van der Waals surface area contributed by atoms with Crippen molar-refractivity contribution in [2.45, 2.75) is 64.6 Å². The number of Topliss-reactive ketones (excluding diaryl/α,β-unsaturated/α-hetero) is 1. The van der Waals surface area contributed by atoms with Crippen LogP contribution in [-0.2, 0) is 35.5 Å². The molecular weight excluding hydrogens is 344 g/mol. The van der Waals surface area contributed by atoms with E-state index in [1.54, 1.807) is 12.3 Å². The fourth-order valence-electron chi connectivity index (χ4n) is 4.26. The summed E-state index contributed by atoms with van der Waals surface area (Å²) in [6, 6.07) is 3.63. The molecule has 1 aliphatic heterocycles. The minimum absolute atomic E-state index is 0.0926. The van der Waals surface area contributed by atoms with E-state index < -0.39 is 0 Å². The van der Waals surface area contributed by atoms with Gasteiger partial charge in [-0.15, -0.1) is 0 Å². The van der Waals surface area contributed by atoms with Gasteiger partial charge in [0, 0.05) is 36.5 Å². The molecule has 6 heteroatoms. The van der Waals surface area contributed by atoms with Gasteiger partial charge in [0.25, 0.3) is 0 Å². The van der Waals surface area contributed by atoms with E-state index in [9.17, 15) is 9.59 Å². The first kappa shape index (κ1) is 18.0. The van der Waals surface area contributed by atoms with Crippen molar-refractivity contribution in [1.82, 2.24) is 9.88 Å². The van der Waals surface area contributed by atoms with Gasteiger partial charge in [-0.1, -0.05) is 0 Å². The summed E-state index contributed by atoms with van der Waals surface area (Å²) in [6.07, 6.45) is 6.50. The first-order valence-corrected chi connectivity index (χ1v) is 9.78. The molecule has 0 saturated carbocycles. The van der Waals surface area contributed by atoms with Crippen LogP contribution >= 0.6 is 0 Å². The molecule has 0 spiro atoms. The number of hydrogen-bond acceptors (Lipinski definition) is 4. The number of amides is 1. The Hall–Kier alpha value is -2.34. The monoisotopic (exact) mass is 370 g/mol. The molecule has 1 atom stereocenters. The van der Waals surface area contributed by atoms with Gasteiger partial charge >= 0.3 is 0 Å². The van der Waals surface area contributed by atoms with Crippen LogP contribution in [0.15, 0.2) is 22.8 Å². The first-order chi connectivity index (χ1) is 13.1. The molecule has 144 valence electrons. The standard InChI is InChI=1S/C21H26N2O4/c1-14-17(11-20(25)22-12-15-5-3-9-26-15)21-18(7-2-8-19(21)24)23(14)13-16-6-4-10-27-16/h3,5,9,16H,2,4,6-8,10-13H2,1H3,(H,22,25). The highest BCUT2D eigenvalue weighted by Crippen LogP contribution is 2.31. The van der Waals surface area contributed by atoms with Crippen molar-refractivity contribution >= 4 is 11.7 Å². The number of nitrogens with zero attached hydrogens (tertiary/aromatic N) is 1. The van der Waals surface area contributed by atoms with E-state index in [0.29, 0.717) is 18.7 Å². The lowest BCUT2D eigenvalue weighted by Gasteiger charge is -2.18. The highest BCUT2D eigenvalue weighted by Gasteiger charge is 2.30. The van der Waals surface area contributed by atoms with Gasteiger partial charge in [-0.25, -0.2) is 0 Å². The Morgan fingerprint density at radius 3 is 2.96 bits per heavy atom. The van der Waals surface area contributed by atoms with Crippen LogP contribution in [0, 0.1) is 6.92 Å². The zero-order valence-electron chi connectivity index (χ0n) is 15.8. The summed E-state index contributed by atoms with van der Waals surface area (Å²) >= 11 is 0. The molecule has 1 fully saturated rings.